The Bertz CT molecular complexity index is 563. The molecule has 2 heterocycles. The molecular formula is C18H29Cl2N3O3. The van der Waals surface area contributed by atoms with E-state index < -0.39 is 0 Å². The molecule has 2 fully saturated rings. The molecule has 1 aromatic carbocycles. The molecule has 148 valence electrons. The van der Waals surface area contributed by atoms with Crippen LogP contribution in [0, 0.1) is 6.92 Å². The van der Waals surface area contributed by atoms with Crippen molar-refractivity contribution in [1.82, 2.24) is 10.2 Å². The van der Waals surface area contributed by atoms with Gasteiger partial charge in [0.15, 0.2) is 0 Å². The first-order valence-corrected chi connectivity index (χ1v) is 8.80. The number of hydrogen-bond acceptors (Lipinski definition) is 5. The van der Waals surface area contributed by atoms with E-state index in [2.05, 4.69) is 15.5 Å². The number of amides is 1. The molecule has 0 radical (unpaired) electrons. The number of carbonyl (C=O) groups is 1. The van der Waals surface area contributed by atoms with Crippen LogP contribution in [0.2, 0.25) is 0 Å². The van der Waals surface area contributed by atoms with Crippen molar-refractivity contribution in [2.75, 3.05) is 51.3 Å². The number of nitrogens with one attached hydrogen (secondary N) is 2. The van der Waals surface area contributed by atoms with Gasteiger partial charge in [0.1, 0.15) is 18.4 Å². The van der Waals surface area contributed by atoms with E-state index >= 15 is 0 Å². The Morgan fingerprint density at radius 2 is 2.12 bits per heavy atom. The predicted octanol–water partition coefficient (Wildman–Crippen LogP) is 2.24. The summed E-state index contributed by atoms with van der Waals surface area (Å²) in [7, 11) is 0. The van der Waals surface area contributed by atoms with Crippen LogP contribution in [0.15, 0.2) is 18.2 Å². The van der Waals surface area contributed by atoms with Crippen LogP contribution in [0.4, 0.5) is 5.69 Å². The van der Waals surface area contributed by atoms with Crippen molar-refractivity contribution >= 4 is 36.4 Å². The Balaban J connectivity index is 0.00000169. The number of likely N-dealkylation sites (tertiary alicyclic amines) is 1. The largest absolute Gasteiger partial charge is 0.492 e. The lowest BCUT2D eigenvalue weighted by Gasteiger charge is -2.23. The summed E-state index contributed by atoms with van der Waals surface area (Å²) in [5, 5.41) is 6.09. The highest BCUT2D eigenvalue weighted by Crippen LogP contribution is 2.22. The number of rotatable bonds is 6. The van der Waals surface area contributed by atoms with Gasteiger partial charge in [0.05, 0.1) is 13.2 Å². The summed E-state index contributed by atoms with van der Waals surface area (Å²) < 4.78 is 11.2. The van der Waals surface area contributed by atoms with Gasteiger partial charge < -0.3 is 20.1 Å². The molecule has 0 aromatic heterocycles. The van der Waals surface area contributed by atoms with E-state index in [9.17, 15) is 4.79 Å². The number of halogens is 2. The van der Waals surface area contributed by atoms with Crippen LogP contribution < -0.4 is 15.4 Å². The van der Waals surface area contributed by atoms with E-state index in [4.69, 9.17) is 9.47 Å². The van der Waals surface area contributed by atoms with Crippen molar-refractivity contribution in [3.05, 3.63) is 23.8 Å². The number of carbonyl (C=O) groups excluding carboxylic acids is 1. The molecule has 26 heavy (non-hydrogen) atoms. The van der Waals surface area contributed by atoms with Gasteiger partial charge in [-0.3, -0.25) is 9.69 Å². The first-order chi connectivity index (χ1) is 11.7. The third-order valence-electron chi connectivity index (χ3n) is 4.54. The Morgan fingerprint density at radius 1 is 1.35 bits per heavy atom. The second-order valence-corrected chi connectivity index (χ2v) is 6.45. The van der Waals surface area contributed by atoms with Crippen molar-refractivity contribution in [2.45, 2.75) is 25.8 Å². The summed E-state index contributed by atoms with van der Waals surface area (Å²) in [5.74, 6) is 0.822. The van der Waals surface area contributed by atoms with Crippen molar-refractivity contribution in [2.24, 2.45) is 0 Å². The number of nitrogens with zero attached hydrogens (tertiary/aromatic N) is 1. The van der Waals surface area contributed by atoms with Crippen LogP contribution in [0.25, 0.3) is 0 Å². The number of morpholine rings is 1. The van der Waals surface area contributed by atoms with Crippen LogP contribution in [0.5, 0.6) is 5.75 Å². The van der Waals surface area contributed by atoms with Crippen molar-refractivity contribution in [1.29, 1.82) is 0 Å². The van der Waals surface area contributed by atoms with Crippen molar-refractivity contribution in [3.63, 3.8) is 0 Å². The Labute approximate surface area is 167 Å². The number of aryl methyl sites for hydroxylation is 1. The minimum absolute atomic E-state index is 0. The van der Waals surface area contributed by atoms with Crippen molar-refractivity contribution < 1.29 is 14.3 Å². The van der Waals surface area contributed by atoms with Gasteiger partial charge in [-0.2, -0.15) is 0 Å². The zero-order chi connectivity index (χ0) is 16.8. The SMILES string of the molecule is Cc1cc(NC(=O)C2COCCN2)ccc1OCCN1CCCC1.Cl.Cl. The van der Waals surface area contributed by atoms with Crippen LogP contribution >= 0.6 is 24.8 Å². The summed E-state index contributed by atoms with van der Waals surface area (Å²) in [6.07, 6.45) is 2.60. The molecule has 1 amide bonds. The number of anilines is 1. The fraction of sp³-hybridized carbons (Fsp3) is 0.611. The van der Waals surface area contributed by atoms with Gasteiger partial charge in [-0.05, 0) is 56.6 Å². The molecule has 2 N–H and O–H groups in total. The van der Waals surface area contributed by atoms with Gasteiger partial charge in [-0.15, -0.1) is 24.8 Å². The smallest absolute Gasteiger partial charge is 0.243 e. The van der Waals surface area contributed by atoms with Gasteiger partial charge in [0.25, 0.3) is 0 Å². The zero-order valence-electron chi connectivity index (χ0n) is 15.2. The first-order valence-electron chi connectivity index (χ1n) is 8.80. The molecule has 1 aromatic rings. The monoisotopic (exact) mass is 405 g/mol. The van der Waals surface area contributed by atoms with E-state index in [1.165, 1.54) is 25.9 Å². The van der Waals surface area contributed by atoms with Crippen LogP contribution in [-0.2, 0) is 9.53 Å². The van der Waals surface area contributed by atoms with E-state index in [0.717, 1.165) is 23.5 Å². The minimum atomic E-state index is -0.282. The molecule has 0 aliphatic carbocycles. The van der Waals surface area contributed by atoms with Crippen molar-refractivity contribution in [3.8, 4) is 5.75 Å². The van der Waals surface area contributed by atoms with E-state index in [1.54, 1.807) is 0 Å². The maximum atomic E-state index is 12.2. The highest BCUT2D eigenvalue weighted by molar-refractivity contribution is 5.95. The van der Waals surface area contributed by atoms with E-state index in [0.29, 0.717) is 26.4 Å². The lowest BCUT2D eigenvalue weighted by molar-refractivity contribution is -0.120. The summed E-state index contributed by atoms with van der Waals surface area (Å²) in [6.45, 7) is 7.85. The van der Waals surface area contributed by atoms with Gasteiger partial charge in [-0.1, -0.05) is 0 Å². The number of hydrogen-bond donors (Lipinski definition) is 2. The number of ether oxygens (including phenoxy) is 2. The normalized spacial score (nSPS) is 20.0. The Morgan fingerprint density at radius 3 is 2.77 bits per heavy atom. The molecule has 0 spiro atoms. The molecule has 2 saturated heterocycles. The molecule has 2 aliphatic rings. The fourth-order valence-corrected chi connectivity index (χ4v) is 3.14. The highest BCUT2D eigenvalue weighted by atomic mass is 35.5. The maximum Gasteiger partial charge on any atom is 0.243 e. The van der Waals surface area contributed by atoms with Gasteiger partial charge >= 0.3 is 0 Å². The van der Waals surface area contributed by atoms with E-state index in [1.807, 2.05) is 25.1 Å². The van der Waals surface area contributed by atoms with Crippen LogP contribution in [0.1, 0.15) is 18.4 Å². The molecule has 0 saturated carbocycles. The predicted molar refractivity (Wildman–Crippen MR) is 108 cm³/mol. The van der Waals surface area contributed by atoms with Gasteiger partial charge in [-0.25, -0.2) is 0 Å². The molecule has 8 heteroatoms. The average Bonchev–Trinajstić information content (AvgIpc) is 3.11. The first kappa shape index (κ1) is 23.0. The summed E-state index contributed by atoms with van der Waals surface area (Å²) in [6, 6.07) is 5.49. The molecular weight excluding hydrogens is 377 g/mol. The Hall–Kier alpha value is -1.05. The summed E-state index contributed by atoms with van der Waals surface area (Å²) >= 11 is 0. The fourth-order valence-electron chi connectivity index (χ4n) is 3.14. The highest BCUT2D eigenvalue weighted by Gasteiger charge is 2.21. The molecule has 2 aliphatic heterocycles. The Kier molecular flexibility index (Phi) is 10.3. The third kappa shape index (κ3) is 6.59. The van der Waals surface area contributed by atoms with Crippen LogP contribution in [-0.4, -0.2) is 62.8 Å². The third-order valence-corrected chi connectivity index (χ3v) is 4.54. The molecule has 0 bridgehead atoms. The number of benzene rings is 1. The molecule has 1 unspecified atom stereocenters. The zero-order valence-corrected chi connectivity index (χ0v) is 16.8. The van der Waals surface area contributed by atoms with Gasteiger partial charge in [0.2, 0.25) is 5.91 Å². The molecule has 6 nitrogen and oxygen atoms in total. The van der Waals surface area contributed by atoms with E-state index in [-0.39, 0.29) is 36.8 Å². The van der Waals surface area contributed by atoms with Gasteiger partial charge in [0, 0.05) is 18.8 Å². The minimum Gasteiger partial charge on any atom is -0.492 e. The lowest BCUT2D eigenvalue weighted by Crippen LogP contribution is -2.48. The molecule has 3 rings (SSSR count). The van der Waals surface area contributed by atoms with Crippen LogP contribution in [0.3, 0.4) is 0 Å². The topological polar surface area (TPSA) is 62.8 Å². The lowest BCUT2D eigenvalue weighted by atomic mass is 10.2. The maximum absolute atomic E-state index is 12.2. The standard InChI is InChI=1S/C18H27N3O3.2ClH/c1-14-12-15(20-18(22)16-13-23-10-6-19-16)4-5-17(14)24-11-9-21-7-2-3-8-21;;/h4-5,12,16,19H,2-3,6-11,13H2,1H3,(H,20,22);2*1H. The summed E-state index contributed by atoms with van der Waals surface area (Å²) in [5.41, 5.74) is 1.82. The second-order valence-electron chi connectivity index (χ2n) is 6.45. The summed E-state index contributed by atoms with van der Waals surface area (Å²) in [4.78, 5) is 14.6. The second kappa shape index (κ2) is 11.6. The quantitative estimate of drug-likeness (QED) is 0.759. The molecule has 1 atom stereocenters. The average molecular weight is 406 g/mol.